The van der Waals surface area contributed by atoms with E-state index in [1.807, 2.05) is 28.1 Å². The molecule has 10 heteroatoms. The lowest BCUT2D eigenvalue weighted by molar-refractivity contribution is -0.870. The average Bonchev–Trinajstić information content (AvgIpc) is 3.10. The molecule has 0 heterocycles. The maximum absolute atomic E-state index is 12.9. The summed E-state index contributed by atoms with van der Waals surface area (Å²) in [7, 11) is 1.09. The SMILES string of the molecule is C/C=C/CC/C=C/CC/C=C/CCCC(O)C(O)C(COP(=O)([O-])OCC[N+](C)(C)C)NC(=O)CCCCCCCCCCCCCCCCCCC. The molecule has 3 N–H and O–H groups in total. The Balaban J connectivity index is 4.54. The minimum absolute atomic E-state index is 0.0495. The number of allylic oxidation sites excluding steroid dienone is 6. The third kappa shape index (κ3) is 36.1. The molecule has 0 radical (unpaired) electrons. The molecular weight excluding hydrogens is 687 g/mol. The molecule has 53 heavy (non-hydrogen) atoms. The highest BCUT2D eigenvalue weighted by molar-refractivity contribution is 7.45. The van der Waals surface area contributed by atoms with Crippen molar-refractivity contribution >= 4 is 13.7 Å². The van der Waals surface area contributed by atoms with Gasteiger partial charge in [-0.3, -0.25) is 9.36 Å². The van der Waals surface area contributed by atoms with E-state index in [0.29, 0.717) is 30.3 Å². The normalized spacial score (nSPS) is 15.4. The monoisotopic (exact) mass is 771 g/mol. The molecule has 1 amide bonds. The van der Waals surface area contributed by atoms with Crippen molar-refractivity contribution in [2.45, 2.75) is 193 Å². The van der Waals surface area contributed by atoms with Crippen molar-refractivity contribution < 1.29 is 38.0 Å². The molecule has 0 saturated carbocycles. The van der Waals surface area contributed by atoms with Gasteiger partial charge in [-0.2, -0.15) is 0 Å². The van der Waals surface area contributed by atoms with Gasteiger partial charge in [0.2, 0.25) is 5.91 Å². The van der Waals surface area contributed by atoms with Crippen LogP contribution >= 0.6 is 7.82 Å². The fraction of sp³-hybridized carbons (Fsp3) is 0.837. The summed E-state index contributed by atoms with van der Waals surface area (Å²) in [6, 6.07) is -1.09. The smallest absolute Gasteiger partial charge is 0.268 e. The van der Waals surface area contributed by atoms with E-state index in [1.54, 1.807) is 0 Å². The van der Waals surface area contributed by atoms with Crippen LogP contribution in [0.5, 0.6) is 0 Å². The molecule has 0 saturated heterocycles. The van der Waals surface area contributed by atoms with Crippen LogP contribution in [-0.4, -0.2) is 79.8 Å². The lowest BCUT2D eigenvalue weighted by Crippen LogP contribution is -2.51. The van der Waals surface area contributed by atoms with Crippen molar-refractivity contribution in [2.75, 3.05) is 40.9 Å². The zero-order valence-corrected chi connectivity index (χ0v) is 35.7. The Morgan fingerprint density at radius 3 is 1.62 bits per heavy atom. The third-order valence-corrected chi connectivity index (χ3v) is 10.5. The van der Waals surface area contributed by atoms with Gasteiger partial charge in [0.1, 0.15) is 19.3 Å². The highest BCUT2D eigenvalue weighted by Crippen LogP contribution is 2.38. The third-order valence-electron chi connectivity index (χ3n) is 9.52. The van der Waals surface area contributed by atoms with Gasteiger partial charge in [0, 0.05) is 6.42 Å². The number of aliphatic hydroxyl groups excluding tert-OH is 2. The maximum Gasteiger partial charge on any atom is 0.268 e. The first-order valence-corrected chi connectivity index (χ1v) is 22.8. The number of hydrogen-bond donors (Lipinski definition) is 3. The number of rotatable bonds is 38. The van der Waals surface area contributed by atoms with E-state index in [-0.39, 0.29) is 18.9 Å². The number of carbonyl (C=O) groups is 1. The highest BCUT2D eigenvalue weighted by Gasteiger charge is 2.29. The summed E-state index contributed by atoms with van der Waals surface area (Å²) in [5, 5.41) is 24.5. The number of phosphoric ester groups is 1. The number of phosphoric acid groups is 1. The molecule has 4 atom stereocenters. The molecule has 0 spiro atoms. The van der Waals surface area contributed by atoms with Crippen LogP contribution in [-0.2, 0) is 18.4 Å². The second-order valence-electron chi connectivity index (χ2n) is 15.8. The van der Waals surface area contributed by atoms with Gasteiger partial charge in [0.05, 0.1) is 39.9 Å². The number of likely N-dealkylation sites (N-methyl/N-ethyl adjacent to an activating group) is 1. The van der Waals surface area contributed by atoms with E-state index in [0.717, 1.165) is 51.4 Å². The van der Waals surface area contributed by atoms with E-state index < -0.39 is 32.7 Å². The van der Waals surface area contributed by atoms with Crippen LogP contribution in [0.1, 0.15) is 174 Å². The largest absolute Gasteiger partial charge is 0.756 e. The van der Waals surface area contributed by atoms with Gasteiger partial charge in [0.15, 0.2) is 0 Å². The van der Waals surface area contributed by atoms with Crippen LogP contribution in [0.3, 0.4) is 0 Å². The van der Waals surface area contributed by atoms with E-state index in [4.69, 9.17) is 9.05 Å². The molecule has 0 aliphatic rings. The summed E-state index contributed by atoms with van der Waals surface area (Å²) in [5.41, 5.74) is 0. The summed E-state index contributed by atoms with van der Waals surface area (Å²) < 4.78 is 23.1. The van der Waals surface area contributed by atoms with Crippen LogP contribution in [0.15, 0.2) is 36.5 Å². The van der Waals surface area contributed by atoms with E-state index in [9.17, 15) is 24.5 Å². The van der Waals surface area contributed by atoms with Crippen molar-refractivity contribution in [1.82, 2.24) is 5.32 Å². The molecule has 0 fully saturated rings. The van der Waals surface area contributed by atoms with Gasteiger partial charge in [-0.1, -0.05) is 146 Å². The second-order valence-corrected chi connectivity index (χ2v) is 17.2. The van der Waals surface area contributed by atoms with Crippen LogP contribution in [0, 0.1) is 0 Å². The minimum Gasteiger partial charge on any atom is -0.756 e. The maximum atomic E-state index is 12.9. The summed E-state index contributed by atoms with van der Waals surface area (Å²) in [4.78, 5) is 25.3. The molecule has 0 aromatic heterocycles. The number of amides is 1. The number of nitrogens with zero attached hydrogens (tertiary/aromatic N) is 1. The predicted octanol–water partition coefficient (Wildman–Crippen LogP) is 9.86. The molecule has 0 aliphatic carbocycles. The second kappa shape index (κ2) is 35.1. The molecule has 0 bridgehead atoms. The number of aliphatic hydroxyl groups is 2. The molecule has 0 aliphatic heterocycles. The van der Waals surface area contributed by atoms with Gasteiger partial charge in [-0.05, 0) is 58.3 Å². The van der Waals surface area contributed by atoms with Crippen molar-refractivity contribution in [3.05, 3.63) is 36.5 Å². The molecule has 0 aromatic rings. The molecule has 9 nitrogen and oxygen atoms in total. The zero-order chi connectivity index (χ0) is 39.5. The Hall–Kier alpha value is -1.32. The Labute approximate surface area is 326 Å². The van der Waals surface area contributed by atoms with E-state index in [1.165, 1.54) is 83.5 Å². The molecule has 4 unspecified atom stereocenters. The number of carbonyl (C=O) groups excluding carboxylic acids is 1. The van der Waals surface area contributed by atoms with Gasteiger partial charge in [-0.25, -0.2) is 0 Å². The Bertz CT molecular complexity index is 982. The molecule has 0 aromatic carbocycles. The van der Waals surface area contributed by atoms with Crippen molar-refractivity contribution in [2.24, 2.45) is 0 Å². The summed E-state index contributed by atoms with van der Waals surface area (Å²) in [5.74, 6) is -0.295. The van der Waals surface area contributed by atoms with Crippen molar-refractivity contribution in [1.29, 1.82) is 0 Å². The van der Waals surface area contributed by atoms with Crippen LogP contribution in [0.25, 0.3) is 0 Å². The van der Waals surface area contributed by atoms with Crippen LogP contribution < -0.4 is 10.2 Å². The van der Waals surface area contributed by atoms with Gasteiger partial charge >= 0.3 is 0 Å². The highest BCUT2D eigenvalue weighted by atomic mass is 31.2. The standard InChI is InChI=1S/C43H83N2O7P/c1-6-8-10-12-14-16-18-20-21-22-23-24-26-28-30-32-34-36-42(47)44-40(39-52-53(49,50)51-38-37-45(3,4)5)43(48)41(46)35-33-31-29-27-25-19-17-15-13-11-9-7-2/h7,9,15,17,27,29,40-41,43,46,48H,6,8,10-14,16,18-26,28,30-39H2,1-5H3,(H-,44,47,49,50)/b9-7+,17-15+,29-27+. The summed E-state index contributed by atoms with van der Waals surface area (Å²) >= 11 is 0. The lowest BCUT2D eigenvalue weighted by atomic mass is 10.0. The fourth-order valence-electron chi connectivity index (χ4n) is 6.06. The summed E-state index contributed by atoms with van der Waals surface area (Å²) in [6.45, 7) is 4.18. The van der Waals surface area contributed by atoms with E-state index in [2.05, 4.69) is 48.7 Å². The molecule has 312 valence electrons. The topological polar surface area (TPSA) is 128 Å². The Morgan fingerprint density at radius 2 is 1.15 bits per heavy atom. The van der Waals surface area contributed by atoms with Crippen LogP contribution in [0.4, 0.5) is 0 Å². The van der Waals surface area contributed by atoms with Gasteiger partial charge < -0.3 is 34.0 Å². The van der Waals surface area contributed by atoms with Crippen molar-refractivity contribution in [3.8, 4) is 0 Å². The first-order valence-electron chi connectivity index (χ1n) is 21.4. The van der Waals surface area contributed by atoms with Gasteiger partial charge in [0.25, 0.3) is 7.82 Å². The lowest BCUT2D eigenvalue weighted by Gasteiger charge is -2.31. The predicted molar refractivity (Wildman–Crippen MR) is 221 cm³/mol. The van der Waals surface area contributed by atoms with E-state index >= 15 is 0 Å². The first kappa shape index (κ1) is 51.7. The number of unbranched alkanes of at least 4 members (excludes halogenated alkanes) is 19. The number of quaternary nitrogens is 1. The number of nitrogens with one attached hydrogen (secondary N) is 1. The molecular formula is C43H83N2O7P. The quantitative estimate of drug-likeness (QED) is 0.0247. The minimum atomic E-state index is -4.67. The fourth-order valence-corrected chi connectivity index (χ4v) is 6.78. The van der Waals surface area contributed by atoms with Crippen molar-refractivity contribution in [3.63, 3.8) is 0 Å². The number of hydrogen-bond acceptors (Lipinski definition) is 7. The Morgan fingerprint density at radius 1 is 0.698 bits per heavy atom. The first-order chi connectivity index (χ1) is 25.4. The molecule has 0 rings (SSSR count). The average molecular weight is 771 g/mol. The Kier molecular flexibility index (Phi) is 34.2. The zero-order valence-electron chi connectivity index (χ0n) is 34.8. The summed E-state index contributed by atoms with van der Waals surface area (Å²) in [6.07, 6.45) is 37.7. The van der Waals surface area contributed by atoms with Gasteiger partial charge in [-0.15, -0.1) is 0 Å². The van der Waals surface area contributed by atoms with Crippen LogP contribution in [0.2, 0.25) is 0 Å².